The van der Waals surface area contributed by atoms with Crippen molar-refractivity contribution in [3.8, 4) is 6.07 Å². The highest BCUT2D eigenvalue weighted by atomic mass is 32.1. The van der Waals surface area contributed by atoms with E-state index in [2.05, 4.69) is 16.4 Å². The topological polar surface area (TPSA) is 114 Å². The van der Waals surface area contributed by atoms with E-state index in [4.69, 9.17) is 4.74 Å². The number of nitrogens with zero attached hydrogens (tertiary/aromatic N) is 3. The number of ether oxygens (including phenoxy) is 1. The number of carbonyl (C=O) groups is 2. The fourth-order valence-corrected chi connectivity index (χ4v) is 7.06. The van der Waals surface area contributed by atoms with Crippen molar-refractivity contribution in [1.82, 2.24) is 9.55 Å². The van der Waals surface area contributed by atoms with Crippen molar-refractivity contribution in [2.75, 3.05) is 5.32 Å². The van der Waals surface area contributed by atoms with Gasteiger partial charge in [0.05, 0.1) is 17.3 Å². The number of amides is 1. The fraction of sp³-hybridized carbons (Fsp3) is 0.458. The van der Waals surface area contributed by atoms with Crippen LogP contribution in [0.2, 0.25) is 0 Å². The van der Waals surface area contributed by atoms with E-state index in [1.54, 1.807) is 6.92 Å². The molecule has 0 aromatic carbocycles. The van der Waals surface area contributed by atoms with Gasteiger partial charge in [0.2, 0.25) is 5.91 Å². The maximum atomic E-state index is 13.1. The Hall–Kier alpha value is -3.03. The Morgan fingerprint density at radius 2 is 2.03 bits per heavy atom. The van der Waals surface area contributed by atoms with E-state index >= 15 is 0 Å². The number of anilines is 1. The molecule has 0 radical (unpaired) electrons. The van der Waals surface area contributed by atoms with Gasteiger partial charge in [-0.1, -0.05) is 6.42 Å². The third-order valence-electron chi connectivity index (χ3n) is 6.53. The van der Waals surface area contributed by atoms with Crippen LogP contribution in [0.3, 0.4) is 0 Å². The largest absolute Gasteiger partial charge is 0.458 e. The molecule has 1 amide bonds. The highest BCUT2D eigenvalue weighted by Gasteiger charge is 2.26. The average Bonchev–Trinajstić information content (AvgIpc) is 3.49. The second-order valence-electron chi connectivity index (χ2n) is 8.80. The summed E-state index contributed by atoms with van der Waals surface area (Å²) in [6.45, 7) is 1.49. The maximum Gasteiger partial charge on any atom is 0.348 e. The zero-order valence-electron chi connectivity index (χ0n) is 18.8. The number of nitrogens with one attached hydrogen (secondary N) is 1. The number of hydrogen-bond acceptors (Lipinski definition) is 8. The molecule has 1 N–H and O–H groups in total. The molecule has 1 saturated carbocycles. The van der Waals surface area contributed by atoms with E-state index in [0.717, 1.165) is 66.7 Å². The smallest absolute Gasteiger partial charge is 0.348 e. The van der Waals surface area contributed by atoms with E-state index in [9.17, 15) is 19.6 Å². The number of rotatable bonds is 5. The Balaban J connectivity index is 1.35. The summed E-state index contributed by atoms with van der Waals surface area (Å²) in [6.07, 6.45) is 9.09. The van der Waals surface area contributed by atoms with Crippen LogP contribution in [0.4, 0.5) is 5.00 Å². The Bertz CT molecular complexity index is 1390. The number of carbonyl (C=O) groups excluding carboxylic acids is 2. The summed E-state index contributed by atoms with van der Waals surface area (Å²) in [7, 11) is 0. The van der Waals surface area contributed by atoms with Gasteiger partial charge in [-0.2, -0.15) is 5.26 Å². The van der Waals surface area contributed by atoms with Crippen molar-refractivity contribution in [1.29, 1.82) is 5.26 Å². The lowest BCUT2D eigenvalue weighted by Gasteiger charge is -2.21. The van der Waals surface area contributed by atoms with Crippen molar-refractivity contribution < 1.29 is 14.3 Å². The van der Waals surface area contributed by atoms with Crippen LogP contribution in [-0.2, 0) is 28.9 Å². The Morgan fingerprint density at radius 1 is 1.24 bits per heavy atom. The van der Waals surface area contributed by atoms with Crippen LogP contribution in [0.15, 0.2) is 11.1 Å². The third kappa shape index (κ3) is 4.14. The molecule has 0 bridgehead atoms. The van der Waals surface area contributed by atoms with Crippen LogP contribution in [0, 0.1) is 18.3 Å². The van der Waals surface area contributed by atoms with Gasteiger partial charge in [0.1, 0.15) is 33.4 Å². The molecule has 176 valence electrons. The summed E-state index contributed by atoms with van der Waals surface area (Å²) in [5.74, 6) is -0.810. The normalized spacial score (nSPS) is 15.8. The number of fused-ring (bicyclic) bond motifs is 2. The first-order chi connectivity index (χ1) is 16.5. The lowest BCUT2D eigenvalue weighted by molar-refractivity contribution is -0.116. The first-order valence-electron chi connectivity index (χ1n) is 11.5. The fourth-order valence-electron chi connectivity index (χ4n) is 4.79. The van der Waals surface area contributed by atoms with Gasteiger partial charge in [-0.05, 0) is 63.0 Å². The lowest BCUT2D eigenvalue weighted by Crippen LogP contribution is -2.28. The van der Waals surface area contributed by atoms with E-state index in [1.807, 2.05) is 0 Å². The number of aryl methyl sites for hydroxylation is 2. The van der Waals surface area contributed by atoms with Crippen LogP contribution < -0.4 is 10.9 Å². The van der Waals surface area contributed by atoms with Gasteiger partial charge >= 0.3 is 5.97 Å². The Labute approximate surface area is 204 Å². The molecular formula is C24H24N4O4S2. The molecule has 5 rings (SSSR count). The van der Waals surface area contributed by atoms with Crippen molar-refractivity contribution in [3.63, 3.8) is 0 Å². The maximum absolute atomic E-state index is 13.1. The van der Waals surface area contributed by atoms with Crippen molar-refractivity contribution in [2.24, 2.45) is 0 Å². The first-order valence-corrected chi connectivity index (χ1v) is 13.1. The third-order valence-corrected chi connectivity index (χ3v) is 8.92. The monoisotopic (exact) mass is 496 g/mol. The Morgan fingerprint density at radius 3 is 2.79 bits per heavy atom. The zero-order chi connectivity index (χ0) is 23.8. The van der Waals surface area contributed by atoms with Gasteiger partial charge in [-0.3, -0.25) is 14.2 Å². The SMILES string of the molecule is Cc1c(C(=O)OC2CCCCC2)sc2ncn(CC(=O)Nc3sc4c(c3C#N)CCC4)c(=O)c12. The highest BCUT2D eigenvalue weighted by molar-refractivity contribution is 7.20. The summed E-state index contributed by atoms with van der Waals surface area (Å²) in [5.41, 5.74) is 1.72. The predicted molar refractivity (Wildman–Crippen MR) is 131 cm³/mol. The molecule has 3 heterocycles. The molecule has 0 spiro atoms. The highest BCUT2D eigenvalue weighted by Crippen LogP contribution is 2.38. The van der Waals surface area contributed by atoms with Crippen molar-refractivity contribution >= 4 is 49.8 Å². The molecular weight excluding hydrogens is 472 g/mol. The minimum atomic E-state index is -0.411. The molecule has 0 unspecified atom stereocenters. The van der Waals surface area contributed by atoms with Gasteiger partial charge < -0.3 is 10.1 Å². The van der Waals surface area contributed by atoms with E-state index in [-0.39, 0.29) is 18.2 Å². The van der Waals surface area contributed by atoms with E-state index < -0.39 is 11.9 Å². The summed E-state index contributed by atoms with van der Waals surface area (Å²) in [6, 6.07) is 2.20. The van der Waals surface area contributed by atoms with Crippen LogP contribution >= 0.6 is 22.7 Å². The zero-order valence-corrected chi connectivity index (χ0v) is 20.4. The predicted octanol–water partition coefficient (Wildman–Crippen LogP) is 4.32. The summed E-state index contributed by atoms with van der Waals surface area (Å²) in [4.78, 5) is 44.9. The van der Waals surface area contributed by atoms with Crippen molar-refractivity contribution in [2.45, 2.75) is 70.9 Å². The van der Waals surface area contributed by atoms with Crippen LogP contribution in [-0.4, -0.2) is 27.5 Å². The number of nitriles is 1. The van der Waals surface area contributed by atoms with Gasteiger partial charge in [0, 0.05) is 4.88 Å². The van der Waals surface area contributed by atoms with Gasteiger partial charge in [-0.25, -0.2) is 9.78 Å². The summed E-state index contributed by atoms with van der Waals surface area (Å²) >= 11 is 2.58. The molecule has 0 atom stereocenters. The second-order valence-corrected chi connectivity index (χ2v) is 10.9. The molecule has 1 fully saturated rings. The van der Waals surface area contributed by atoms with Crippen LogP contribution in [0.25, 0.3) is 10.2 Å². The molecule has 3 aromatic rings. The van der Waals surface area contributed by atoms with Crippen LogP contribution in [0.1, 0.15) is 69.8 Å². The quantitative estimate of drug-likeness (QED) is 0.526. The minimum absolute atomic E-state index is 0.0731. The molecule has 3 aromatic heterocycles. The number of thiophene rings is 2. The molecule has 34 heavy (non-hydrogen) atoms. The molecule has 0 saturated heterocycles. The number of hydrogen-bond donors (Lipinski definition) is 1. The summed E-state index contributed by atoms with van der Waals surface area (Å²) < 4.78 is 6.92. The number of esters is 1. The average molecular weight is 497 g/mol. The van der Waals surface area contributed by atoms with Crippen LogP contribution in [0.5, 0.6) is 0 Å². The van der Waals surface area contributed by atoms with Gasteiger partial charge in [-0.15, -0.1) is 22.7 Å². The number of aromatic nitrogens is 2. The van der Waals surface area contributed by atoms with E-state index in [0.29, 0.717) is 31.2 Å². The lowest BCUT2D eigenvalue weighted by atomic mass is 9.98. The Kier molecular flexibility index (Phi) is 6.23. The minimum Gasteiger partial charge on any atom is -0.458 e. The van der Waals surface area contributed by atoms with Gasteiger partial charge in [0.15, 0.2) is 0 Å². The molecule has 0 aliphatic heterocycles. The van der Waals surface area contributed by atoms with Gasteiger partial charge in [0.25, 0.3) is 5.56 Å². The first kappa shape index (κ1) is 22.7. The summed E-state index contributed by atoms with van der Waals surface area (Å²) in [5, 5.41) is 13.2. The standard InChI is InChI=1S/C24H24N4O4S2/c1-13-19-22(34-20(13)24(31)32-14-6-3-2-4-7-14)26-12-28(23(19)30)11-18(29)27-21-16(10-25)15-8-5-9-17(15)33-21/h12,14H,2-9,11H2,1H3,(H,27,29). The van der Waals surface area contributed by atoms with Crippen molar-refractivity contribution in [3.05, 3.63) is 43.1 Å². The second kappa shape index (κ2) is 9.31. The molecule has 10 heteroatoms. The molecule has 2 aliphatic carbocycles. The van der Waals surface area contributed by atoms with E-state index in [1.165, 1.54) is 28.7 Å². The molecule has 2 aliphatic rings. The molecule has 8 nitrogen and oxygen atoms in total.